The molecule has 2 aromatic rings. The molecule has 0 fully saturated rings. The van der Waals surface area contributed by atoms with Crippen LogP contribution in [0.1, 0.15) is 43.9 Å². The highest BCUT2D eigenvalue weighted by Gasteiger charge is 2.04. The van der Waals surface area contributed by atoms with Crippen LogP contribution < -0.4 is 5.32 Å². The summed E-state index contributed by atoms with van der Waals surface area (Å²) in [5, 5.41) is 7.74. The average Bonchev–Trinajstić information content (AvgIpc) is 2.99. The topological polar surface area (TPSA) is 29.9 Å². The summed E-state index contributed by atoms with van der Waals surface area (Å²) < 4.78 is 1.95. The highest BCUT2D eigenvalue weighted by Crippen LogP contribution is 2.14. The van der Waals surface area contributed by atoms with E-state index in [0.717, 1.165) is 13.1 Å². The fourth-order valence-electron chi connectivity index (χ4n) is 2.30. The van der Waals surface area contributed by atoms with E-state index in [1.54, 1.807) is 0 Å². The van der Waals surface area contributed by atoms with Crippen molar-refractivity contribution in [1.29, 1.82) is 0 Å². The third-order valence-corrected chi connectivity index (χ3v) is 3.65. The molecule has 1 atom stereocenters. The molecule has 1 aromatic heterocycles. The van der Waals surface area contributed by atoms with Crippen LogP contribution in [0.25, 0.3) is 0 Å². The molecule has 0 aliphatic rings. The Hall–Kier alpha value is -1.61. The Morgan fingerprint density at radius 3 is 2.70 bits per heavy atom. The van der Waals surface area contributed by atoms with Gasteiger partial charge in [-0.15, -0.1) is 0 Å². The Bertz CT molecular complexity index is 473. The van der Waals surface area contributed by atoms with Crippen molar-refractivity contribution < 1.29 is 0 Å². The van der Waals surface area contributed by atoms with Crippen LogP contribution in [0, 0.1) is 0 Å². The molecule has 3 heteroatoms. The van der Waals surface area contributed by atoms with Gasteiger partial charge in [-0.1, -0.05) is 37.6 Å². The van der Waals surface area contributed by atoms with Crippen LogP contribution in [0.5, 0.6) is 0 Å². The zero-order valence-corrected chi connectivity index (χ0v) is 12.5. The van der Waals surface area contributed by atoms with Gasteiger partial charge in [-0.3, -0.25) is 4.68 Å². The minimum absolute atomic E-state index is 0.380. The first-order valence-electron chi connectivity index (χ1n) is 7.59. The number of benzene rings is 1. The van der Waals surface area contributed by atoms with Gasteiger partial charge in [0.25, 0.3) is 0 Å². The van der Waals surface area contributed by atoms with Gasteiger partial charge in [0.2, 0.25) is 0 Å². The first kappa shape index (κ1) is 14.8. The summed E-state index contributed by atoms with van der Waals surface area (Å²) in [6.07, 6.45) is 7.54. The molecule has 1 unspecified atom stereocenters. The smallest absolute Gasteiger partial charge is 0.0534 e. The molecule has 0 amide bonds. The lowest BCUT2D eigenvalue weighted by atomic mass is 10.0. The van der Waals surface area contributed by atoms with Crippen molar-refractivity contribution in [2.24, 2.45) is 0 Å². The van der Waals surface area contributed by atoms with Gasteiger partial charge < -0.3 is 5.32 Å². The molecule has 1 aromatic carbocycles. The minimum Gasteiger partial charge on any atom is -0.308 e. The molecule has 1 N–H and O–H groups in total. The van der Waals surface area contributed by atoms with Gasteiger partial charge in [0.05, 0.1) is 6.54 Å². The van der Waals surface area contributed by atoms with E-state index in [2.05, 4.69) is 48.5 Å². The van der Waals surface area contributed by atoms with Gasteiger partial charge in [0, 0.05) is 25.0 Å². The fraction of sp³-hybridized carbons (Fsp3) is 0.471. The second kappa shape index (κ2) is 7.85. The minimum atomic E-state index is 0.380. The van der Waals surface area contributed by atoms with E-state index in [1.165, 1.54) is 30.4 Å². The van der Waals surface area contributed by atoms with Gasteiger partial charge in [-0.2, -0.15) is 5.10 Å². The number of rotatable bonds is 8. The zero-order valence-electron chi connectivity index (χ0n) is 12.5. The molecule has 0 aliphatic carbocycles. The molecule has 20 heavy (non-hydrogen) atoms. The van der Waals surface area contributed by atoms with Crippen LogP contribution in [0.3, 0.4) is 0 Å². The van der Waals surface area contributed by atoms with Crippen LogP contribution in [0.15, 0.2) is 42.7 Å². The molecule has 0 spiro atoms. The van der Waals surface area contributed by atoms with Crippen molar-refractivity contribution in [2.45, 2.75) is 45.7 Å². The average molecular weight is 271 g/mol. The van der Waals surface area contributed by atoms with E-state index < -0.39 is 0 Å². The molecule has 0 aliphatic heterocycles. The van der Waals surface area contributed by atoms with E-state index in [-0.39, 0.29) is 0 Å². The maximum atomic E-state index is 4.20. The Morgan fingerprint density at radius 2 is 2.05 bits per heavy atom. The maximum absolute atomic E-state index is 4.20. The highest BCUT2D eigenvalue weighted by molar-refractivity contribution is 5.24. The zero-order chi connectivity index (χ0) is 14.2. The van der Waals surface area contributed by atoms with Crippen molar-refractivity contribution in [1.82, 2.24) is 15.1 Å². The van der Waals surface area contributed by atoms with Gasteiger partial charge in [-0.05, 0) is 37.0 Å². The third-order valence-electron chi connectivity index (χ3n) is 3.65. The number of hydrogen-bond donors (Lipinski definition) is 1. The summed E-state index contributed by atoms with van der Waals surface area (Å²) in [6, 6.07) is 11.4. The number of aryl methyl sites for hydroxylation is 1. The summed E-state index contributed by atoms with van der Waals surface area (Å²) in [5.41, 5.74) is 2.80. The Labute approximate surface area is 122 Å². The second-order valence-corrected chi connectivity index (χ2v) is 5.29. The number of hydrogen-bond acceptors (Lipinski definition) is 2. The molecule has 3 nitrogen and oxygen atoms in total. The molecular formula is C17H25N3. The third kappa shape index (κ3) is 4.49. The van der Waals surface area contributed by atoms with Gasteiger partial charge in [0.1, 0.15) is 0 Å². The van der Waals surface area contributed by atoms with Gasteiger partial charge >= 0.3 is 0 Å². The Balaban J connectivity index is 1.78. The highest BCUT2D eigenvalue weighted by atomic mass is 15.3. The van der Waals surface area contributed by atoms with E-state index >= 15 is 0 Å². The van der Waals surface area contributed by atoms with Crippen molar-refractivity contribution in [2.75, 3.05) is 6.54 Å². The van der Waals surface area contributed by atoms with Crippen molar-refractivity contribution in [3.8, 4) is 0 Å². The Morgan fingerprint density at radius 1 is 1.25 bits per heavy atom. The maximum Gasteiger partial charge on any atom is 0.0534 e. The molecule has 108 valence electrons. The molecule has 0 bridgehead atoms. The standard InChI is InChI=1S/C17H25N3/c1-3-4-6-16-7-9-17(10-8-16)15(2)18-12-14-20-13-5-11-19-20/h5,7-11,13,15,18H,3-4,6,12,14H2,1-2H3. The van der Waals surface area contributed by atoms with Crippen LogP contribution in [-0.4, -0.2) is 16.3 Å². The van der Waals surface area contributed by atoms with E-state index in [1.807, 2.05) is 23.1 Å². The predicted octanol–water partition coefficient (Wildman–Crippen LogP) is 3.58. The lowest BCUT2D eigenvalue weighted by molar-refractivity contribution is 0.507. The SMILES string of the molecule is CCCCc1ccc(C(C)NCCn2cccn2)cc1. The van der Waals surface area contributed by atoms with E-state index in [9.17, 15) is 0 Å². The lowest BCUT2D eigenvalue weighted by Crippen LogP contribution is -2.23. The van der Waals surface area contributed by atoms with Crippen LogP contribution >= 0.6 is 0 Å². The predicted molar refractivity (Wildman–Crippen MR) is 83.7 cm³/mol. The fourth-order valence-corrected chi connectivity index (χ4v) is 2.30. The molecule has 0 saturated heterocycles. The summed E-state index contributed by atoms with van der Waals surface area (Å²) in [4.78, 5) is 0. The van der Waals surface area contributed by atoms with Crippen LogP contribution in [0.4, 0.5) is 0 Å². The number of unbranched alkanes of at least 4 members (excludes halogenated alkanes) is 1. The molecule has 1 heterocycles. The molecule has 2 rings (SSSR count). The second-order valence-electron chi connectivity index (χ2n) is 5.29. The summed E-state index contributed by atoms with van der Waals surface area (Å²) in [5.74, 6) is 0. The number of nitrogens with zero attached hydrogens (tertiary/aromatic N) is 2. The first-order chi connectivity index (χ1) is 9.79. The van der Waals surface area contributed by atoms with Crippen molar-refractivity contribution >= 4 is 0 Å². The van der Waals surface area contributed by atoms with Crippen molar-refractivity contribution in [3.05, 3.63) is 53.9 Å². The van der Waals surface area contributed by atoms with Crippen LogP contribution in [-0.2, 0) is 13.0 Å². The van der Waals surface area contributed by atoms with Crippen molar-refractivity contribution in [3.63, 3.8) is 0 Å². The monoisotopic (exact) mass is 271 g/mol. The van der Waals surface area contributed by atoms with Crippen LogP contribution in [0.2, 0.25) is 0 Å². The number of aromatic nitrogens is 2. The lowest BCUT2D eigenvalue weighted by Gasteiger charge is -2.15. The summed E-state index contributed by atoms with van der Waals surface area (Å²) in [7, 11) is 0. The molecule has 0 radical (unpaired) electrons. The van der Waals surface area contributed by atoms with E-state index in [4.69, 9.17) is 0 Å². The van der Waals surface area contributed by atoms with E-state index in [0.29, 0.717) is 6.04 Å². The number of nitrogens with one attached hydrogen (secondary N) is 1. The van der Waals surface area contributed by atoms with Gasteiger partial charge in [0.15, 0.2) is 0 Å². The molecular weight excluding hydrogens is 246 g/mol. The summed E-state index contributed by atoms with van der Waals surface area (Å²) in [6.45, 7) is 6.29. The molecule has 0 saturated carbocycles. The Kier molecular flexibility index (Phi) is 5.81. The normalized spacial score (nSPS) is 12.5. The quantitative estimate of drug-likeness (QED) is 0.795. The summed E-state index contributed by atoms with van der Waals surface area (Å²) >= 11 is 0. The first-order valence-corrected chi connectivity index (χ1v) is 7.59. The largest absolute Gasteiger partial charge is 0.308 e. The van der Waals surface area contributed by atoms with Gasteiger partial charge in [-0.25, -0.2) is 0 Å².